The van der Waals surface area contributed by atoms with Crippen molar-refractivity contribution in [2.24, 2.45) is 5.92 Å². The van der Waals surface area contributed by atoms with Gasteiger partial charge in [0.15, 0.2) is 11.5 Å². The second-order valence-corrected chi connectivity index (χ2v) is 7.92. The third-order valence-electron chi connectivity index (χ3n) is 5.22. The number of Topliss-reactive ketones (excluding diaryl/α,β-unsaturated/α-hetero) is 1. The highest BCUT2D eigenvalue weighted by Crippen LogP contribution is 2.42. The molecule has 1 unspecified atom stereocenters. The zero-order chi connectivity index (χ0) is 22.7. The number of ketones is 1. The fourth-order valence-electron chi connectivity index (χ4n) is 3.74. The van der Waals surface area contributed by atoms with Crippen molar-refractivity contribution >= 4 is 23.3 Å². The molecule has 0 radical (unpaired) electrons. The Labute approximate surface area is 182 Å². The number of benzene rings is 2. The zero-order valence-electron chi connectivity index (χ0n) is 18.2. The van der Waals surface area contributed by atoms with Gasteiger partial charge in [0.25, 0.3) is 5.91 Å². The molecule has 162 valence electrons. The predicted octanol–water partition coefficient (Wildman–Crippen LogP) is 4.23. The summed E-state index contributed by atoms with van der Waals surface area (Å²) in [5.41, 5.74) is 3.12. The van der Waals surface area contributed by atoms with Crippen molar-refractivity contribution in [3.05, 3.63) is 76.6 Å². The molecular formula is C25H27NO5. The largest absolute Gasteiger partial charge is 0.503 e. The summed E-state index contributed by atoms with van der Waals surface area (Å²) in [6.45, 7) is 7.48. The van der Waals surface area contributed by atoms with E-state index in [1.807, 2.05) is 31.2 Å². The van der Waals surface area contributed by atoms with Gasteiger partial charge in [-0.1, -0.05) is 55.8 Å². The highest BCUT2D eigenvalue weighted by Gasteiger charge is 2.44. The maximum absolute atomic E-state index is 13.1. The quantitative estimate of drug-likeness (QED) is 0.677. The van der Waals surface area contributed by atoms with Crippen LogP contribution >= 0.6 is 0 Å². The first-order valence-electron chi connectivity index (χ1n) is 10.4. The van der Waals surface area contributed by atoms with Gasteiger partial charge < -0.3 is 9.84 Å². The van der Waals surface area contributed by atoms with Gasteiger partial charge in [-0.25, -0.2) is 0 Å². The average Bonchev–Trinajstić information content (AvgIpc) is 2.99. The summed E-state index contributed by atoms with van der Waals surface area (Å²) in [7, 11) is 0. The first-order chi connectivity index (χ1) is 14.7. The number of nitrogens with zero attached hydrogens (tertiary/aromatic N) is 1. The molecule has 31 heavy (non-hydrogen) atoms. The van der Waals surface area contributed by atoms with Crippen molar-refractivity contribution in [2.45, 2.75) is 40.2 Å². The van der Waals surface area contributed by atoms with Crippen molar-refractivity contribution in [3.63, 3.8) is 0 Å². The number of carbonyl (C=O) groups excluding carboxylic acids is 3. The Balaban J connectivity index is 2.03. The van der Waals surface area contributed by atoms with Gasteiger partial charge >= 0.3 is 5.97 Å². The number of rotatable bonds is 7. The molecule has 2 aromatic rings. The lowest BCUT2D eigenvalue weighted by Gasteiger charge is -2.27. The second-order valence-electron chi connectivity index (χ2n) is 7.92. The molecule has 1 atom stereocenters. The van der Waals surface area contributed by atoms with Gasteiger partial charge in [0, 0.05) is 11.6 Å². The number of hydrogen-bond donors (Lipinski definition) is 1. The minimum atomic E-state index is -0.724. The SMILES string of the molecule is CCOC(=O)Cc1ccc(N2C(=O)C(O)=C(C(=O)C(C)C)C2c2cccc(C)c2)cc1. The molecule has 6 nitrogen and oxygen atoms in total. The Bertz CT molecular complexity index is 1040. The topological polar surface area (TPSA) is 83.9 Å². The Morgan fingerprint density at radius 2 is 1.81 bits per heavy atom. The minimum absolute atomic E-state index is 0.112. The number of aliphatic hydroxyl groups is 1. The molecule has 3 rings (SSSR count). The summed E-state index contributed by atoms with van der Waals surface area (Å²) in [4.78, 5) is 39.2. The highest BCUT2D eigenvalue weighted by molar-refractivity contribution is 6.16. The Kier molecular flexibility index (Phi) is 6.59. The van der Waals surface area contributed by atoms with E-state index in [2.05, 4.69) is 0 Å². The average molecular weight is 421 g/mol. The van der Waals surface area contributed by atoms with Gasteiger partial charge in [0.2, 0.25) is 0 Å². The van der Waals surface area contributed by atoms with E-state index in [-0.39, 0.29) is 29.7 Å². The van der Waals surface area contributed by atoms with E-state index >= 15 is 0 Å². The van der Waals surface area contributed by atoms with E-state index in [9.17, 15) is 19.5 Å². The number of carbonyl (C=O) groups is 3. The van der Waals surface area contributed by atoms with Crippen molar-refractivity contribution < 1.29 is 24.2 Å². The lowest BCUT2D eigenvalue weighted by atomic mass is 9.90. The summed E-state index contributed by atoms with van der Waals surface area (Å²) in [5.74, 6) is -2.09. The number of aliphatic hydroxyl groups excluding tert-OH is 1. The first-order valence-corrected chi connectivity index (χ1v) is 10.4. The van der Waals surface area contributed by atoms with Crippen LogP contribution in [0.3, 0.4) is 0 Å². The fourth-order valence-corrected chi connectivity index (χ4v) is 3.74. The van der Waals surface area contributed by atoms with E-state index in [4.69, 9.17) is 4.74 Å². The van der Waals surface area contributed by atoms with Gasteiger partial charge in [-0.3, -0.25) is 19.3 Å². The van der Waals surface area contributed by atoms with Gasteiger partial charge in [-0.05, 0) is 37.1 Å². The van der Waals surface area contributed by atoms with E-state index in [0.717, 1.165) is 16.7 Å². The van der Waals surface area contributed by atoms with Crippen LogP contribution in [-0.2, 0) is 25.5 Å². The van der Waals surface area contributed by atoms with Crippen molar-refractivity contribution in [1.82, 2.24) is 0 Å². The van der Waals surface area contributed by atoms with Crippen LogP contribution < -0.4 is 4.90 Å². The second kappa shape index (κ2) is 9.16. The molecule has 0 bridgehead atoms. The molecule has 1 amide bonds. The summed E-state index contributed by atoms with van der Waals surface area (Å²) in [5, 5.41) is 10.6. The van der Waals surface area contributed by atoms with Crippen LogP contribution in [0.25, 0.3) is 0 Å². The molecule has 1 aliphatic rings. The Morgan fingerprint density at radius 3 is 2.39 bits per heavy atom. The van der Waals surface area contributed by atoms with Crippen LogP contribution in [0.4, 0.5) is 5.69 Å². The molecule has 1 heterocycles. The molecule has 0 aliphatic carbocycles. The van der Waals surface area contributed by atoms with Crippen LogP contribution in [0.5, 0.6) is 0 Å². The molecular weight excluding hydrogens is 394 g/mol. The molecule has 1 N–H and O–H groups in total. The minimum Gasteiger partial charge on any atom is -0.503 e. The van der Waals surface area contributed by atoms with Crippen molar-refractivity contribution in [3.8, 4) is 0 Å². The monoisotopic (exact) mass is 421 g/mol. The number of ether oxygens (including phenoxy) is 1. The molecule has 2 aromatic carbocycles. The highest BCUT2D eigenvalue weighted by atomic mass is 16.5. The molecule has 0 aromatic heterocycles. The number of aryl methyl sites for hydroxylation is 1. The van der Waals surface area contributed by atoms with Crippen LogP contribution in [0.15, 0.2) is 59.9 Å². The molecule has 0 fully saturated rings. The predicted molar refractivity (Wildman–Crippen MR) is 118 cm³/mol. The summed E-state index contributed by atoms with van der Waals surface area (Å²) >= 11 is 0. The van der Waals surface area contributed by atoms with E-state index < -0.39 is 17.7 Å². The van der Waals surface area contributed by atoms with Gasteiger partial charge in [0.05, 0.1) is 24.6 Å². The zero-order valence-corrected chi connectivity index (χ0v) is 18.2. The first kappa shape index (κ1) is 22.3. The van der Waals surface area contributed by atoms with Gasteiger partial charge in [-0.15, -0.1) is 0 Å². The molecule has 0 spiro atoms. The van der Waals surface area contributed by atoms with Crippen molar-refractivity contribution in [1.29, 1.82) is 0 Å². The number of hydrogen-bond acceptors (Lipinski definition) is 5. The summed E-state index contributed by atoms with van der Waals surface area (Å²) in [6, 6.07) is 13.7. The van der Waals surface area contributed by atoms with E-state index in [1.165, 1.54) is 4.90 Å². The molecule has 1 aliphatic heterocycles. The lowest BCUT2D eigenvalue weighted by molar-refractivity contribution is -0.142. The van der Waals surface area contributed by atoms with Crippen LogP contribution in [0.1, 0.15) is 43.5 Å². The Morgan fingerprint density at radius 1 is 1.13 bits per heavy atom. The van der Waals surface area contributed by atoms with Crippen LogP contribution in [-0.4, -0.2) is 29.4 Å². The standard InChI is InChI=1S/C25H27NO5/c1-5-31-20(27)14-17-9-11-19(12-10-17)26-22(18-8-6-7-16(4)13-18)21(23(28)15(2)3)24(29)25(26)30/h6-13,15,22,29H,5,14H2,1-4H3. The van der Waals surface area contributed by atoms with E-state index in [1.54, 1.807) is 45.0 Å². The van der Waals surface area contributed by atoms with E-state index in [0.29, 0.717) is 12.3 Å². The normalized spacial score (nSPS) is 16.2. The maximum atomic E-state index is 13.1. The number of anilines is 1. The summed E-state index contributed by atoms with van der Waals surface area (Å²) in [6.07, 6.45) is 0.129. The number of amides is 1. The van der Waals surface area contributed by atoms with Crippen molar-refractivity contribution in [2.75, 3.05) is 11.5 Å². The maximum Gasteiger partial charge on any atom is 0.310 e. The molecule has 0 saturated carbocycles. The number of esters is 1. The summed E-state index contributed by atoms with van der Waals surface area (Å²) < 4.78 is 4.98. The van der Waals surface area contributed by atoms with Crippen LogP contribution in [0.2, 0.25) is 0 Å². The molecule has 6 heteroatoms. The lowest BCUT2D eigenvalue weighted by Crippen LogP contribution is -2.31. The van der Waals surface area contributed by atoms with Gasteiger partial charge in [-0.2, -0.15) is 0 Å². The molecule has 0 saturated heterocycles. The fraction of sp³-hybridized carbons (Fsp3) is 0.320. The third kappa shape index (κ3) is 4.53. The Hall–Kier alpha value is -3.41. The van der Waals surface area contributed by atoms with Crippen LogP contribution in [0, 0.1) is 12.8 Å². The van der Waals surface area contributed by atoms with Gasteiger partial charge in [0.1, 0.15) is 0 Å². The smallest absolute Gasteiger partial charge is 0.310 e. The third-order valence-corrected chi connectivity index (χ3v) is 5.22.